The maximum Gasteiger partial charge on any atom is 4.00 e. The van der Waals surface area contributed by atoms with Gasteiger partial charge in [-0.15, -0.1) is 30.0 Å². The van der Waals surface area contributed by atoms with Crippen molar-refractivity contribution in [3.05, 3.63) is 66.9 Å². The van der Waals surface area contributed by atoms with E-state index in [1.807, 2.05) is 37.4 Å². The van der Waals surface area contributed by atoms with Gasteiger partial charge in [0.05, 0.1) is 0 Å². The van der Waals surface area contributed by atoms with E-state index in [9.17, 15) is 0 Å². The summed E-state index contributed by atoms with van der Waals surface area (Å²) in [5, 5.41) is 0. The van der Waals surface area contributed by atoms with E-state index in [1.165, 1.54) is 5.57 Å². The quantitative estimate of drug-likeness (QED) is 0.490. The molecule has 0 fully saturated rings. The third-order valence-corrected chi connectivity index (χ3v) is 1.70. The fraction of sp³-hybridized carbons (Fsp3) is 0.0833. The Bertz CT molecular complexity index is 310. The summed E-state index contributed by atoms with van der Waals surface area (Å²) in [5.41, 5.74) is 2.36. The summed E-state index contributed by atoms with van der Waals surface area (Å²) in [6, 6.07) is 3.71. The van der Waals surface area contributed by atoms with Gasteiger partial charge >= 0.3 is 26.2 Å². The Kier molecular flexibility index (Phi) is 17.1. The van der Waals surface area contributed by atoms with Crippen molar-refractivity contribution in [3.63, 3.8) is 0 Å². The number of aromatic nitrogens is 1. The molecule has 0 aliphatic heterocycles. The summed E-state index contributed by atoms with van der Waals surface area (Å²) < 4.78 is 0. The molecule has 1 aromatic rings. The van der Waals surface area contributed by atoms with Gasteiger partial charge in [-0.25, -0.2) is 0 Å². The molecular formula is C12H13Cl2NZr. The van der Waals surface area contributed by atoms with Gasteiger partial charge in [-0.2, -0.15) is 36.9 Å². The first-order chi connectivity index (χ1) is 6.34. The number of allylic oxidation sites excluding steroid dienone is 6. The van der Waals surface area contributed by atoms with E-state index in [0.29, 0.717) is 0 Å². The fourth-order valence-electron chi connectivity index (χ4n) is 0.993. The summed E-state index contributed by atoms with van der Waals surface area (Å²) in [4.78, 5) is 2.74. The molecule has 0 aromatic carbocycles. The first kappa shape index (κ1) is 21.2. The summed E-state index contributed by atoms with van der Waals surface area (Å²) in [5.74, 6) is 0. The second-order valence-electron chi connectivity index (χ2n) is 2.61. The van der Waals surface area contributed by atoms with Crippen molar-refractivity contribution in [2.24, 2.45) is 0 Å². The average Bonchev–Trinajstić information content (AvgIpc) is 2.76. The van der Waals surface area contributed by atoms with Gasteiger partial charge in [0.25, 0.3) is 0 Å². The minimum absolute atomic E-state index is 0. The molecule has 0 saturated carbocycles. The van der Waals surface area contributed by atoms with Crippen LogP contribution in [0.5, 0.6) is 0 Å². The molecule has 2 rings (SSSR count). The molecule has 16 heavy (non-hydrogen) atoms. The zero-order valence-corrected chi connectivity index (χ0v) is 13.0. The normalized spacial score (nSPS) is 13.6. The molecule has 0 bridgehead atoms. The largest absolute Gasteiger partial charge is 4.00 e. The Morgan fingerprint density at radius 2 is 2.06 bits per heavy atom. The zero-order chi connectivity index (χ0) is 9.52. The van der Waals surface area contributed by atoms with E-state index in [4.69, 9.17) is 0 Å². The van der Waals surface area contributed by atoms with Crippen molar-refractivity contribution < 1.29 is 51.0 Å². The number of halogens is 2. The van der Waals surface area contributed by atoms with Crippen LogP contribution in [0.4, 0.5) is 0 Å². The average molecular weight is 333 g/mol. The molecule has 0 atom stereocenters. The summed E-state index contributed by atoms with van der Waals surface area (Å²) in [6.07, 6.45) is 12.7. The van der Waals surface area contributed by atoms with E-state index in [1.54, 1.807) is 0 Å². The van der Waals surface area contributed by atoms with Gasteiger partial charge in [0.15, 0.2) is 0 Å². The molecule has 0 radical (unpaired) electrons. The molecule has 0 saturated heterocycles. The predicted molar refractivity (Wildman–Crippen MR) is 56.0 cm³/mol. The van der Waals surface area contributed by atoms with Gasteiger partial charge in [0.1, 0.15) is 0 Å². The number of aromatic amines is 1. The van der Waals surface area contributed by atoms with Crippen molar-refractivity contribution in [1.82, 2.24) is 4.98 Å². The molecule has 1 aromatic heterocycles. The minimum atomic E-state index is 0. The second kappa shape index (κ2) is 12.9. The van der Waals surface area contributed by atoms with Crippen LogP contribution in [0, 0.1) is 13.1 Å². The molecule has 4 heteroatoms. The van der Waals surface area contributed by atoms with Crippen LogP contribution in [0.1, 0.15) is 6.92 Å². The Morgan fingerprint density at radius 3 is 2.25 bits per heavy atom. The summed E-state index contributed by atoms with van der Waals surface area (Å²) >= 11 is 0. The Morgan fingerprint density at radius 1 is 1.38 bits per heavy atom. The molecular weight excluding hydrogens is 320 g/mol. The van der Waals surface area contributed by atoms with E-state index in [0.717, 1.165) is 5.57 Å². The SMILES string of the molecule is [CH2-]C1=CC=CC1=CC.[Cl-].[Cl-].[Zr+4].[c-]1ccc[nH]1. The van der Waals surface area contributed by atoms with E-state index in [-0.39, 0.29) is 51.0 Å². The van der Waals surface area contributed by atoms with Crippen LogP contribution < -0.4 is 24.8 Å². The van der Waals surface area contributed by atoms with E-state index < -0.39 is 0 Å². The maximum absolute atomic E-state index is 3.82. The number of H-pyrrole nitrogens is 1. The molecule has 1 aliphatic rings. The first-order valence-electron chi connectivity index (χ1n) is 4.21. The van der Waals surface area contributed by atoms with Gasteiger partial charge < -0.3 is 29.8 Å². The molecule has 84 valence electrons. The van der Waals surface area contributed by atoms with Crippen LogP contribution in [0.25, 0.3) is 0 Å². The third kappa shape index (κ3) is 8.04. The minimum Gasteiger partial charge on any atom is -1.00 e. The molecule has 0 spiro atoms. The Hall–Kier alpha value is -0.167. The van der Waals surface area contributed by atoms with Crippen LogP contribution in [0.15, 0.2) is 53.8 Å². The maximum atomic E-state index is 3.82. The van der Waals surface area contributed by atoms with Gasteiger partial charge in [0.2, 0.25) is 0 Å². The van der Waals surface area contributed by atoms with Crippen LogP contribution >= 0.6 is 0 Å². The fourth-order valence-corrected chi connectivity index (χ4v) is 0.993. The standard InChI is InChI=1S/C8H9.C4H4N.2ClH.Zr/c1-3-8-6-4-5-7(8)2;1-2-4-5-3-1;;;/h3-6H,2H2,1H3;1-3,5H;2*1H;/q2*-1;;;+4/p-2. The van der Waals surface area contributed by atoms with Crippen molar-refractivity contribution in [1.29, 1.82) is 0 Å². The van der Waals surface area contributed by atoms with Crippen LogP contribution in [0.2, 0.25) is 0 Å². The van der Waals surface area contributed by atoms with Gasteiger partial charge in [-0.1, -0.05) is 6.92 Å². The van der Waals surface area contributed by atoms with Gasteiger partial charge in [-0.3, -0.25) is 0 Å². The van der Waals surface area contributed by atoms with Crippen molar-refractivity contribution in [2.45, 2.75) is 6.92 Å². The zero-order valence-electron chi connectivity index (χ0n) is 9.00. The van der Waals surface area contributed by atoms with Crippen molar-refractivity contribution in [2.75, 3.05) is 0 Å². The van der Waals surface area contributed by atoms with Crippen molar-refractivity contribution in [3.8, 4) is 0 Å². The molecule has 1 nitrogen and oxygen atoms in total. The smallest absolute Gasteiger partial charge is 1.00 e. The van der Waals surface area contributed by atoms with E-state index in [2.05, 4.69) is 30.3 Å². The molecule has 1 N–H and O–H groups in total. The van der Waals surface area contributed by atoms with Gasteiger partial charge in [-0.05, 0) is 0 Å². The topological polar surface area (TPSA) is 15.8 Å². The second-order valence-corrected chi connectivity index (χ2v) is 2.61. The van der Waals surface area contributed by atoms with Crippen LogP contribution in [0.3, 0.4) is 0 Å². The molecule has 1 heterocycles. The first-order valence-corrected chi connectivity index (χ1v) is 4.21. The summed E-state index contributed by atoms with van der Waals surface area (Å²) in [6.45, 7) is 5.84. The van der Waals surface area contributed by atoms with Gasteiger partial charge in [0, 0.05) is 0 Å². The number of rotatable bonds is 0. The third-order valence-electron chi connectivity index (χ3n) is 1.70. The Labute approximate surface area is 129 Å². The number of hydrogen-bond donors (Lipinski definition) is 1. The van der Waals surface area contributed by atoms with Crippen LogP contribution in [-0.4, -0.2) is 4.98 Å². The molecule has 1 aliphatic carbocycles. The van der Waals surface area contributed by atoms with E-state index >= 15 is 0 Å². The predicted octanol–water partition coefficient (Wildman–Crippen LogP) is -2.92. The summed E-state index contributed by atoms with van der Waals surface area (Å²) in [7, 11) is 0. The Balaban J connectivity index is -0.000000189. The molecule has 0 unspecified atom stereocenters. The number of hydrogen-bond acceptors (Lipinski definition) is 0. The monoisotopic (exact) mass is 331 g/mol. The molecule has 0 amide bonds. The number of nitrogens with one attached hydrogen (secondary N) is 1. The van der Waals surface area contributed by atoms with Crippen molar-refractivity contribution >= 4 is 0 Å². The van der Waals surface area contributed by atoms with Crippen LogP contribution in [-0.2, 0) is 26.2 Å².